The van der Waals surface area contributed by atoms with E-state index in [-0.39, 0.29) is 11.9 Å². The lowest BCUT2D eigenvalue weighted by Gasteiger charge is -2.20. The highest BCUT2D eigenvalue weighted by Crippen LogP contribution is 2.25. The van der Waals surface area contributed by atoms with Crippen LogP contribution in [-0.4, -0.2) is 6.54 Å². The standard InChI is InChI=1S/C14H20FN/c1-5-7-13(16-6-2)14-11(4)8-10(3)9-12(14)15/h5,8-9,13,16H,1,6-7H2,2-4H3. The SMILES string of the molecule is C=CCC(NCC)c1c(C)cc(C)cc1F. The third-order valence-corrected chi connectivity index (χ3v) is 2.68. The molecule has 0 heterocycles. The van der Waals surface area contributed by atoms with Gasteiger partial charge >= 0.3 is 0 Å². The van der Waals surface area contributed by atoms with E-state index >= 15 is 0 Å². The Balaban J connectivity index is 3.12. The zero-order valence-corrected chi connectivity index (χ0v) is 10.3. The van der Waals surface area contributed by atoms with Gasteiger partial charge in [-0.25, -0.2) is 4.39 Å². The summed E-state index contributed by atoms with van der Waals surface area (Å²) >= 11 is 0. The number of nitrogens with one attached hydrogen (secondary N) is 1. The Morgan fingerprint density at radius 3 is 2.62 bits per heavy atom. The van der Waals surface area contributed by atoms with Gasteiger partial charge < -0.3 is 5.32 Å². The molecule has 2 heteroatoms. The second kappa shape index (κ2) is 5.80. The van der Waals surface area contributed by atoms with E-state index in [4.69, 9.17) is 0 Å². The van der Waals surface area contributed by atoms with Crippen molar-refractivity contribution in [3.8, 4) is 0 Å². The van der Waals surface area contributed by atoms with Crippen LogP contribution in [0.25, 0.3) is 0 Å². The van der Waals surface area contributed by atoms with E-state index in [0.717, 1.165) is 29.7 Å². The summed E-state index contributed by atoms with van der Waals surface area (Å²) in [6.07, 6.45) is 2.57. The fraction of sp³-hybridized carbons (Fsp3) is 0.429. The van der Waals surface area contributed by atoms with Gasteiger partial charge in [0.2, 0.25) is 0 Å². The first-order chi connectivity index (χ1) is 7.60. The van der Waals surface area contributed by atoms with Crippen molar-refractivity contribution in [2.45, 2.75) is 33.2 Å². The minimum absolute atomic E-state index is 0.0306. The molecule has 0 aliphatic carbocycles. The molecular weight excluding hydrogens is 201 g/mol. The van der Waals surface area contributed by atoms with Crippen LogP contribution >= 0.6 is 0 Å². The Morgan fingerprint density at radius 2 is 2.12 bits per heavy atom. The maximum atomic E-state index is 13.9. The van der Waals surface area contributed by atoms with Crippen LogP contribution in [0.3, 0.4) is 0 Å². The van der Waals surface area contributed by atoms with Crippen molar-refractivity contribution in [2.75, 3.05) is 6.54 Å². The van der Waals surface area contributed by atoms with Gasteiger partial charge in [-0.3, -0.25) is 0 Å². The predicted molar refractivity (Wildman–Crippen MR) is 67.1 cm³/mol. The molecule has 0 saturated carbocycles. The van der Waals surface area contributed by atoms with Gasteiger partial charge in [0.15, 0.2) is 0 Å². The fourth-order valence-corrected chi connectivity index (χ4v) is 2.08. The van der Waals surface area contributed by atoms with Crippen LogP contribution in [0.4, 0.5) is 4.39 Å². The summed E-state index contributed by atoms with van der Waals surface area (Å²) in [5.74, 6) is -0.120. The minimum atomic E-state index is -0.120. The second-order valence-electron chi connectivity index (χ2n) is 4.11. The molecule has 0 aliphatic heterocycles. The molecule has 1 unspecified atom stereocenters. The van der Waals surface area contributed by atoms with E-state index < -0.39 is 0 Å². The van der Waals surface area contributed by atoms with Crippen LogP contribution < -0.4 is 5.32 Å². The van der Waals surface area contributed by atoms with Crippen molar-refractivity contribution in [2.24, 2.45) is 0 Å². The molecule has 1 N–H and O–H groups in total. The highest BCUT2D eigenvalue weighted by Gasteiger charge is 2.16. The van der Waals surface area contributed by atoms with Crippen LogP contribution in [0.5, 0.6) is 0 Å². The molecule has 16 heavy (non-hydrogen) atoms. The number of hydrogen-bond donors (Lipinski definition) is 1. The summed E-state index contributed by atoms with van der Waals surface area (Å²) in [6.45, 7) is 10.4. The van der Waals surface area contributed by atoms with E-state index in [1.807, 2.05) is 32.9 Å². The van der Waals surface area contributed by atoms with E-state index in [9.17, 15) is 4.39 Å². The average molecular weight is 221 g/mol. The molecule has 0 aromatic heterocycles. The third-order valence-electron chi connectivity index (χ3n) is 2.68. The van der Waals surface area contributed by atoms with Crippen molar-refractivity contribution in [1.82, 2.24) is 5.32 Å². The van der Waals surface area contributed by atoms with Gasteiger partial charge in [-0.1, -0.05) is 19.1 Å². The zero-order chi connectivity index (χ0) is 12.1. The molecular formula is C14H20FN. The highest BCUT2D eigenvalue weighted by molar-refractivity contribution is 5.34. The first-order valence-corrected chi connectivity index (χ1v) is 5.71. The van der Waals surface area contributed by atoms with Crippen molar-refractivity contribution in [3.63, 3.8) is 0 Å². The van der Waals surface area contributed by atoms with Gasteiger partial charge in [-0.2, -0.15) is 0 Å². The topological polar surface area (TPSA) is 12.0 Å². The average Bonchev–Trinajstić information content (AvgIpc) is 2.16. The molecule has 1 aromatic rings. The largest absolute Gasteiger partial charge is 0.310 e. The summed E-state index contributed by atoms with van der Waals surface area (Å²) in [5, 5.41) is 3.29. The smallest absolute Gasteiger partial charge is 0.128 e. The molecule has 0 aliphatic rings. The fourth-order valence-electron chi connectivity index (χ4n) is 2.08. The number of benzene rings is 1. The van der Waals surface area contributed by atoms with E-state index in [0.29, 0.717) is 0 Å². The van der Waals surface area contributed by atoms with Gasteiger partial charge in [0.1, 0.15) is 5.82 Å². The molecule has 1 atom stereocenters. The molecule has 0 fully saturated rings. The van der Waals surface area contributed by atoms with E-state index in [2.05, 4.69) is 11.9 Å². The summed E-state index contributed by atoms with van der Waals surface area (Å²) < 4.78 is 13.9. The van der Waals surface area contributed by atoms with Gasteiger partial charge in [0.05, 0.1) is 0 Å². The maximum Gasteiger partial charge on any atom is 0.128 e. The molecule has 88 valence electrons. The lowest BCUT2D eigenvalue weighted by atomic mass is 9.96. The highest BCUT2D eigenvalue weighted by atomic mass is 19.1. The Hall–Kier alpha value is -1.15. The van der Waals surface area contributed by atoms with Crippen molar-refractivity contribution in [1.29, 1.82) is 0 Å². The lowest BCUT2D eigenvalue weighted by Crippen LogP contribution is -2.22. The van der Waals surface area contributed by atoms with Crippen LogP contribution in [0.1, 0.15) is 36.1 Å². The normalized spacial score (nSPS) is 12.5. The van der Waals surface area contributed by atoms with Crippen molar-refractivity contribution in [3.05, 3.63) is 47.3 Å². The molecule has 0 amide bonds. The second-order valence-corrected chi connectivity index (χ2v) is 4.11. The van der Waals surface area contributed by atoms with E-state index in [1.54, 1.807) is 6.07 Å². The first-order valence-electron chi connectivity index (χ1n) is 5.71. The molecule has 0 spiro atoms. The number of halogens is 1. The number of rotatable bonds is 5. The third kappa shape index (κ3) is 2.92. The van der Waals surface area contributed by atoms with Gasteiger partial charge in [0, 0.05) is 11.6 Å². The van der Waals surface area contributed by atoms with E-state index in [1.165, 1.54) is 0 Å². The maximum absolute atomic E-state index is 13.9. The summed E-state index contributed by atoms with van der Waals surface area (Å²) in [7, 11) is 0. The van der Waals surface area contributed by atoms with Crippen LogP contribution in [0.15, 0.2) is 24.8 Å². The number of aryl methyl sites for hydroxylation is 2. The molecule has 1 aromatic carbocycles. The first kappa shape index (κ1) is 12.9. The number of hydrogen-bond acceptors (Lipinski definition) is 1. The molecule has 0 radical (unpaired) electrons. The Morgan fingerprint density at radius 1 is 1.44 bits per heavy atom. The Labute approximate surface area is 97.4 Å². The Bertz CT molecular complexity index is 348. The molecule has 1 nitrogen and oxygen atoms in total. The summed E-state index contributed by atoms with van der Waals surface area (Å²) in [4.78, 5) is 0. The van der Waals surface area contributed by atoms with Gasteiger partial charge in [-0.15, -0.1) is 6.58 Å². The quantitative estimate of drug-likeness (QED) is 0.748. The Kier molecular flexibility index (Phi) is 4.69. The molecule has 1 rings (SSSR count). The van der Waals surface area contributed by atoms with Crippen molar-refractivity contribution >= 4 is 0 Å². The predicted octanol–water partition coefficient (Wildman–Crippen LogP) is 3.67. The van der Waals surface area contributed by atoms with Gasteiger partial charge in [0.25, 0.3) is 0 Å². The minimum Gasteiger partial charge on any atom is -0.310 e. The monoisotopic (exact) mass is 221 g/mol. The zero-order valence-electron chi connectivity index (χ0n) is 10.3. The lowest BCUT2D eigenvalue weighted by molar-refractivity contribution is 0.513. The summed E-state index contributed by atoms with van der Waals surface area (Å²) in [5.41, 5.74) is 2.74. The van der Waals surface area contributed by atoms with Crippen LogP contribution in [0, 0.1) is 19.7 Å². The summed E-state index contributed by atoms with van der Waals surface area (Å²) in [6, 6.07) is 3.64. The van der Waals surface area contributed by atoms with Crippen molar-refractivity contribution < 1.29 is 4.39 Å². The van der Waals surface area contributed by atoms with Crippen LogP contribution in [-0.2, 0) is 0 Å². The molecule has 0 saturated heterocycles. The molecule has 0 bridgehead atoms. The van der Waals surface area contributed by atoms with Gasteiger partial charge in [-0.05, 0) is 44.0 Å². The van der Waals surface area contributed by atoms with Crippen LogP contribution in [0.2, 0.25) is 0 Å².